The van der Waals surface area contributed by atoms with Gasteiger partial charge in [0.25, 0.3) is 5.91 Å². The van der Waals surface area contributed by atoms with Gasteiger partial charge in [-0.25, -0.2) is 0 Å². The van der Waals surface area contributed by atoms with Crippen LogP contribution in [0.5, 0.6) is 5.75 Å². The van der Waals surface area contributed by atoms with Crippen molar-refractivity contribution in [2.75, 3.05) is 31.1 Å². The number of phenolic OH excluding ortho intramolecular Hbond substituents is 1. The van der Waals surface area contributed by atoms with Gasteiger partial charge in [-0.05, 0) is 54.1 Å². The number of hydrogen-bond acceptors (Lipinski definition) is 5. The lowest BCUT2D eigenvalue weighted by molar-refractivity contribution is 0.0743. The van der Waals surface area contributed by atoms with Gasteiger partial charge in [-0.2, -0.15) is 5.26 Å². The zero-order valence-electron chi connectivity index (χ0n) is 17.1. The average molecular weight is 430 g/mol. The molecule has 0 atom stereocenters. The molecule has 1 fully saturated rings. The van der Waals surface area contributed by atoms with Crippen LogP contribution in [0.15, 0.2) is 77.7 Å². The SMILES string of the molecule is N#Cc1ccc(CSc2ccccc2C(=O)N2CCN(c3ccc(O)cc3)CC2)cc1. The van der Waals surface area contributed by atoms with Gasteiger partial charge in [0.05, 0.1) is 17.2 Å². The number of aromatic hydroxyl groups is 1. The summed E-state index contributed by atoms with van der Waals surface area (Å²) in [5.74, 6) is 1.06. The molecule has 1 N–H and O–H groups in total. The summed E-state index contributed by atoms with van der Waals surface area (Å²) in [6.45, 7) is 2.84. The topological polar surface area (TPSA) is 67.6 Å². The largest absolute Gasteiger partial charge is 0.508 e. The van der Waals surface area contributed by atoms with Crippen molar-refractivity contribution in [1.82, 2.24) is 4.90 Å². The quantitative estimate of drug-likeness (QED) is 0.604. The van der Waals surface area contributed by atoms with E-state index in [4.69, 9.17) is 5.26 Å². The van der Waals surface area contributed by atoms with Crippen LogP contribution in [0.4, 0.5) is 5.69 Å². The highest BCUT2D eigenvalue weighted by Crippen LogP contribution is 2.28. The van der Waals surface area contributed by atoms with Crippen LogP contribution in [0, 0.1) is 11.3 Å². The van der Waals surface area contributed by atoms with Crippen LogP contribution in [-0.4, -0.2) is 42.1 Å². The number of phenols is 1. The Morgan fingerprint density at radius 2 is 1.61 bits per heavy atom. The fourth-order valence-electron chi connectivity index (χ4n) is 3.61. The van der Waals surface area contributed by atoms with Crippen LogP contribution in [0.25, 0.3) is 0 Å². The first kappa shape index (κ1) is 20.8. The molecule has 0 unspecified atom stereocenters. The van der Waals surface area contributed by atoms with Gasteiger partial charge in [0.1, 0.15) is 5.75 Å². The highest BCUT2D eigenvalue weighted by molar-refractivity contribution is 7.98. The van der Waals surface area contributed by atoms with Gasteiger partial charge in [0, 0.05) is 42.5 Å². The van der Waals surface area contributed by atoms with Gasteiger partial charge in [-0.3, -0.25) is 4.79 Å². The minimum Gasteiger partial charge on any atom is -0.508 e. The Kier molecular flexibility index (Phi) is 6.44. The van der Waals surface area contributed by atoms with Crippen molar-refractivity contribution in [1.29, 1.82) is 5.26 Å². The third-order valence-corrected chi connectivity index (χ3v) is 6.52. The van der Waals surface area contributed by atoms with Gasteiger partial charge in [-0.15, -0.1) is 11.8 Å². The standard InChI is InChI=1S/C25H23N3O2S/c26-17-19-5-7-20(8-6-19)18-31-24-4-2-1-3-23(24)25(30)28-15-13-27(14-16-28)21-9-11-22(29)12-10-21/h1-12,29H,13-16,18H2. The molecule has 3 aromatic rings. The minimum atomic E-state index is 0.0632. The first-order valence-electron chi connectivity index (χ1n) is 10.2. The third kappa shape index (κ3) is 5.01. The van der Waals surface area contributed by atoms with E-state index in [2.05, 4.69) is 11.0 Å². The van der Waals surface area contributed by atoms with Crippen molar-refractivity contribution in [2.45, 2.75) is 10.6 Å². The minimum absolute atomic E-state index is 0.0632. The molecule has 31 heavy (non-hydrogen) atoms. The number of carbonyl (C=O) groups is 1. The van der Waals surface area contributed by atoms with Crippen LogP contribution >= 0.6 is 11.8 Å². The maximum atomic E-state index is 13.2. The Labute approximate surface area is 186 Å². The number of hydrogen-bond donors (Lipinski definition) is 1. The molecule has 0 bridgehead atoms. The maximum Gasteiger partial charge on any atom is 0.255 e. The van der Waals surface area contributed by atoms with Crippen molar-refractivity contribution in [2.24, 2.45) is 0 Å². The van der Waals surface area contributed by atoms with Crippen LogP contribution in [0.3, 0.4) is 0 Å². The van der Waals surface area contributed by atoms with E-state index in [-0.39, 0.29) is 11.7 Å². The second kappa shape index (κ2) is 9.59. The van der Waals surface area contributed by atoms with Crippen molar-refractivity contribution in [3.63, 3.8) is 0 Å². The highest BCUT2D eigenvalue weighted by Gasteiger charge is 2.24. The molecule has 0 saturated carbocycles. The third-order valence-electron chi connectivity index (χ3n) is 5.38. The molecule has 156 valence electrons. The lowest BCUT2D eigenvalue weighted by Gasteiger charge is -2.36. The number of nitriles is 1. The van der Waals surface area contributed by atoms with Crippen molar-refractivity contribution in [3.8, 4) is 11.8 Å². The molecule has 1 heterocycles. The summed E-state index contributed by atoms with van der Waals surface area (Å²) in [7, 11) is 0. The Morgan fingerprint density at radius 1 is 0.935 bits per heavy atom. The molecular formula is C25H23N3O2S. The summed E-state index contributed by atoms with van der Waals surface area (Å²) < 4.78 is 0. The summed E-state index contributed by atoms with van der Waals surface area (Å²) in [6, 6.07) is 24.6. The summed E-state index contributed by atoms with van der Waals surface area (Å²) in [5.41, 5.74) is 3.56. The molecule has 0 radical (unpaired) electrons. The van der Waals surface area contributed by atoms with E-state index in [1.165, 1.54) is 0 Å². The second-order valence-corrected chi connectivity index (χ2v) is 8.41. The van der Waals surface area contributed by atoms with Crippen LogP contribution in [-0.2, 0) is 5.75 Å². The monoisotopic (exact) mass is 429 g/mol. The predicted octanol–water partition coefficient (Wildman–Crippen LogP) is 4.52. The van der Waals surface area contributed by atoms with Gasteiger partial charge in [-0.1, -0.05) is 24.3 Å². The van der Waals surface area contributed by atoms with Crippen LogP contribution in [0.2, 0.25) is 0 Å². The van der Waals surface area contributed by atoms with Gasteiger partial charge in [0.2, 0.25) is 0 Å². The van der Waals surface area contributed by atoms with E-state index in [0.717, 1.165) is 40.6 Å². The smallest absolute Gasteiger partial charge is 0.255 e. The molecule has 1 aliphatic heterocycles. The van der Waals surface area contributed by atoms with E-state index < -0.39 is 0 Å². The Hall–Kier alpha value is -3.43. The number of amides is 1. The fraction of sp³-hybridized carbons (Fsp3) is 0.200. The number of piperazine rings is 1. The van der Waals surface area contributed by atoms with Crippen molar-refractivity contribution < 1.29 is 9.90 Å². The molecule has 1 amide bonds. The number of anilines is 1. The molecular weight excluding hydrogens is 406 g/mol. The highest BCUT2D eigenvalue weighted by atomic mass is 32.2. The molecule has 4 rings (SSSR count). The van der Waals surface area contributed by atoms with Crippen LogP contribution < -0.4 is 4.90 Å². The van der Waals surface area contributed by atoms with Crippen LogP contribution in [0.1, 0.15) is 21.5 Å². The maximum absolute atomic E-state index is 13.2. The van der Waals surface area contributed by atoms with Crippen molar-refractivity contribution >= 4 is 23.4 Å². The van der Waals surface area contributed by atoms with Gasteiger partial charge >= 0.3 is 0 Å². The Bertz CT molecular complexity index is 1080. The summed E-state index contributed by atoms with van der Waals surface area (Å²) in [4.78, 5) is 18.3. The molecule has 0 aromatic heterocycles. The molecule has 1 aliphatic rings. The summed E-state index contributed by atoms with van der Waals surface area (Å²) >= 11 is 1.64. The van der Waals surface area contributed by atoms with Gasteiger partial charge in [0.15, 0.2) is 0 Å². The number of rotatable bonds is 5. The number of thioether (sulfide) groups is 1. The van der Waals surface area contributed by atoms with E-state index in [1.54, 1.807) is 23.9 Å². The zero-order chi connectivity index (χ0) is 21.6. The molecule has 6 heteroatoms. The Balaban J connectivity index is 1.39. The summed E-state index contributed by atoms with van der Waals surface area (Å²) in [5, 5.41) is 18.4. The summed E-state index contributed by atoms with van der Waals surface area (Å²) in [6.07, 6.45) is 0. The average Bonchev–Trinajstić information content (AvgIpc) is 2.83. The van der Waals surface area contributed by atoms with E-state index in [0.29, 0.717) is 18.7 Å². The number of nitrogens with zero attached hydrogens (tertiary/aromatic N) is 3. The Morgan fingerprint density at radius 3 is 2.29 bits per heavy atom. The molecule has 1 saturated heterocycles. The lowest BCUT2D eigenvalue weighted by Crippen LogP contribution is -2.48. The normalized spacial score (nSPS) is 13.6. The fourth-order valence-corrected chi connectivity index (χ4v) is 4.61. The first-order valence-corrected chi connectivity index (χ1v) is 11.2. The van der Waals surface area contributed by atoms with E-state index in [9.17, 15) is 9.90 Å². The van der Waals surface area contributed by atoms with Gasteiger partial charge < -0.3 is 14.9 Å². The molecule has 5 nitrogen and oxygen atoms in total. The second-order valence-electron chi connectivity index (χ2n) is 7.39. The first-order chi connectivity index (χ1) is 15.1. The van der Waals surface area contributed by atoms with E-state index >= 15 is 0 Å². The lowest BCUT2D eigenvalue weighted by atomic mass is 10.1. The molecule has 0 spiro atoms. The molecule has 0 aliphatic carbocycles. The van der Waals surface area contributed by atoms with E-state index in [1.807, 2.05) is 65.6 Å². The zero-order valence-corrected chi connectivity index (χ0v) is 17.9. The number of benzene rings is 3. The number of carbonyl (C=O) groups excluding carboxylic acids is 1. The molecule has 3 aromatic carbocycles. The van der Waals surface area contributed by atoms with Crippen molar-refractivity contribution in [3.05, 3.63) is 89.5 Å². The predicted molar refractivity (Wildman–Crippen MR) is 123 cm³/mol.